The molecule has 0 aromatic heterocycles. The van der Waals surface area contributed by atoms with Gasteiger partial charge in [0.25, 0.3) is 0 Å². The lowest BCUT2D eigenvalue weighted by Crippen LogP contribution is -2.57. The number of likely N-dealkylation sites (tertiary alicyclic amines) is 1. The Bertz CT molecular complexity index is 976. The monoisotopic (exact) mass is 663 g/mol. The third-order valence-electron chi connectivity index (χ3n) is 8.86. The number of carbonyl (C=O) groups is 3. The van der Waals surface area contributed by atoms with Crippen molar-refractivity contribution < 1.29 is 64.0 Å². The van der Waals surface area contributed by atoms with Crippen molar-refractivity contribution in [3.63, 3.8) is 0 Å². The van der Waals surface area contributed by atoms with E-state index in [0.29, 0.717) is 25.9 Å². The van der Waals surface area contributed by atoms with Crippen LogP contribution in [-0.4, -0.2) is 160 Å². The molecule has 0 aromatic carbocycles. The SMILES string of the molecule is CC(=O)CCCCCN1CC[C@@H](C(=O)NCCO[C@@H]2O[C@@H](C)[C@@H](O)[C@@H](O)[C@@H]2O)[C@@H](C(=O)NCCO[C@@H]2O[C@@H](C)[C@@H](O)[C@@H](O)[C@@H]2O)C1. The van der Waals surface area contributed by atoms with E-state index in [-0.39, 0.29) is 43.9 Å². The van der Waals surface area contributed by atoms with Crippen molar-refractivity contribution in [1.82, 2.24) is 15.5 Å². The summed E-state index contributed by atoms with van der Waals surface area (Å²) < 4.78 is 21.8. The van der Waals surface area contributed by atoms with Crippen molar-refractivity contribution in [1.29, 1.82) is 0 Å². The Morgan fingerprint density at radius 3 is 1.72 bits per heavy atom. The summed E-state index contributed by atoms with van der Waals surface area (Å²) in [6, 6.07) is 0. The molecule has 0 spiro atoms. The molecule has 0 unspecified atom stereocenters. The summed E-state index contributed by atoms with van der Waals surface area (Å²) in [6.45, 7) is 6.33. The van der Waals surface area contributed by atoms with Gasteiger partial charge in [-0.3, -0.25) is 9.59 Å². The van der Waals surface area contributed by atoms with E-state index < -0.39 is 73.2 Å². The summed E-state index contributed by atoms with van der Waals surface area (Å²) in [4.78, 5) is 39.9. The van der Waals surface area contributed by atoms with Crippen molar-refractivity contribution >= 4 is 17.6 Å². The highest BCUT2D eigenvalue weighted by atomic mass is 16.7. The number of nitrogens with one attached hydrogen (secondary N) is 2. The third-order valence-corrected chi connectivity index (χ3v) is 8.86. The van der Waals surface area contributed by atoms with Crippen LogP contribution >= 0.6 is 0 Å². The predicted molar refractivity (Wildman–Crippen MR) is 160 cm³/mol. The number of ketones is 1. The van der Waals surface area contributed by atoms with Crippen molar-refractivity contribution in [2.45, 2.75) is 114 Å². The molecule has 3 fully saturated rings. The molecule has 2 amide bonds. The number of aliphatic hydroxyl groups excluding tert-OH is 6. The first kappa shape index (κ1) is 38.6. The van der Waals surface area contributed by atoms with Crippen LogP contribution in [0.4, 0.5) is 0 Å². The molecule has 8 N–H and O–H groups in total. The molecule has 12 atom stereocenters. The summed E-state index contributed by atoms with van der Waals surface area (Å²) in [6.07, 6.45) is -8.70. The van der Waals surface area contributed by atoms with Gasteiger partial charge in [0.15, 0.2) is 12.6 Å². The average Bonchev–Trinajstić information content (AvgIpc) is 3.03. The number of hydrogen-bond acceptors (Lipinski definition) is 14. The minimum Gasteiger partial charge on any atom is -0.388 e. The lowest BCUT2D eigenvalue weighted by Gasteiger charge is -2.39. The highest BCUT2D eigenvalue weighted by molar-refractivity contribution is 5.88. The first-order valence-corrected chi connectivity index (χ1v) is 16.2. The minimum atomic E-state index is -1.46. The van der Waals surface area contributed by atoms with E-state index in [0.717, 1.165) is 25.8 Å². The van der Waals surface area contributed by atoms with E-state index in [1.807, 2.05) is 0 Å². The number of hydrogen-bond donors (Lipinski definition) is 8. The summed E-state index contributed by atoms with van der Waals surface area (Å²) in [5.41, 5.74) is 0. The van der Waals surface area contributed by atoms with E-state index >= 15 is 0 Å². The maximum atomic E-state index is 13.4. The molecular formula is C30H53N3O13. The van der Waals surface area contributed by atoms with Gasteiger partial charge in [-0.15, -0.1) is 0 Å². The highest BCUT2D eigenvalue weighted by Gasteiger charge is 2.44. The normalized spacial score (nSPS) is 37.1. The fourth-order valence-electron chi connectivity index (χ4n) is 5.95. The first-order chi connectivity index (χ1) is 21.8. The molecular weight excluding hydrogens is 610 g/mol. The number of unbranched alkanes of at least 4 members (excludes halogenated alkanes) is 2. The number of amides is 2. The number of ether oxygens (including phenoxy) is 4. The standard InChI is InChI=1S/C30H53N3O13/c1-16(34)7-5-4-6-11-33-12-8-19(27(41)31-9-13-43-29-25(39)23(37)21(35)17(2)45-29)20(15-33)28(42)32-10-14-44-30-26(40)24(38)22(36)18(3)46-30/h17-26,29-30,35-40H,4-15H2,1-3H3,(H,31,41)(H,32,42)/t17-,18-,19+,20-,21+,22+,23+,24+,25-,26-,29+,30+/m0/s1. The van der Waals surface area contributed by atoms with Gasteiger partial charge in [-0.05, 0) is 53.1 Å². The second-order valence-corrected chi connectivity index (χ2v) is 12.5. The molecule has 266 valence electrons. The van der Waals surface area contributed by atoms with Crippen LogP contribution < -0.4 is 10.6 Å². The van der Waals surface area contributed by atoms with Crippen LogP contribution in [0.1, 0.15) is 52.9 Å². The van der Waals surface area contributed by atoms with E-state index in [1.165, 1.54) is 13.8 Å². The van der Waals surface area contributed by atoms with Gasteiger partial charge in [0.05, 0.1) is 37.3 Å². The number of nitrogens with zero attached hydrogens (tertiary/aromatic N) is 1. The van der Waals surface area contributed by atoms with Crippen LogP contribution in [0.15, 0.2) is 0 Å². The Morgan fingerprint density at radius 1 is 0.717 bits per heavy atom. The second kappa shape index (κ2) is 18.6. The molecule has 3 aliphatic rings. The number of piperidine rings is 1. The Balaban J connectivity index is 1.50. The second-order valence-electron chi connectivity index (χ2n) is 12.5. The van der Waals surface area contributed by atoms with E-state index in [1.54, 1.807) is 6.92 Å². The molecule has 3 saturated heterocycles. The van der Waals surface area contributed by atoms with Gasteiger partial charge in [0, 0.05) is 26.1 Å². The molecule has 0 saturated carbocycles. The molecule has 46 heavy (non-hydrogen) atoms. The van der Waals surface area contributed by atoms with Crippen LogP contribution in [-0.2, 0) is 33.3 Å². The Kier molecular flexibility index (Phi) is 15.7. The molecule has 0 radical (unpaired) electrons. The van der Waals surface area contributed by atoms with Crippen LogP contribution in [0.5, 0.6) is 0 Å². The Hall–Kier alpha value is -1.83. The summed E-state index contributed by atoms with van der Waals surface area (Å²) in [5.74, 6) is -1.85. The van der Waals surface area contributed by atoms with Gasteiger partial charge in [0.1, 0.15) is 42.4 Å². The third kappa shape index (κ3) is 10.8. The van der Waals surface area contributed by atoms with Crippen LogP contribution in [0.2, 0.25) is 0 Å². The summed E-state index contributed by atoms with van der Waals surface area (Å²) in [5, 5.41) is 65.5. The van der Waals surface area contributed by atoms with Crippen molar-refractivity contribution in [3.05, 3.63) is 0 Å². The van der Waals surface area contributed by atoms with Gasteiger partial charge in [-0.25, -0.2) is 0 Å². The summed E-state index contributed by atoms with van der Waals surface area (Å²) >= 11 is 0. The van der Waals surface area contributed by atoms with Gasteiger partial charge in [-0.1, -0.05) is 6.42 Å². The maximum absolute atomic E-state index is 13.4. The topological polar surface area (TPSA) is 237 Å². The molecule has 16 nitrogen and oxygen atoms in total. The predicted octanol–water partition coefficient (Wildman–Crippen LogP) is -3.01. The minimum absolute atomic E-state index is 0.0459. The van der Waals surface area contributed by atoms with Gasteiger partial charge >= 0.3 is 0 Å². The van der Waals surface area contributed by atoms with Crippen LogP contribution in [0.25, 0.3) is 0 Å². The van der Waals surface area contributed by atoms with Crippen molar-refractivity contribution in [2.24, 2.45) is 11.8 Å². The largest absolute Gasteiger partial charge is 0.388 e. The fraction of sp³-hybridized carbons (Fsp3) is 0.900. The Morgan fingerprint density at radius 2 is 1.22 bits per heavy atom. The lowest BCUT2D eigenvalue weighted by molar-refractivity contribution is -0.292. The molecule has 3 heterocycles. The fourth-order valence-corrected chi connectivity index (χ4v) is 5.95. The molecule has 0 aliphatic carbocycles. The molecule has 0 aromatic rings. The number of carbonyl (C=O) groups excluding carboxylic acids is 3. The zero-order valence-electron chi connectivity index (χ0n) is 26.9. The smallest absolute Gasteiger partial charge is 0.225 e. The van der Waals surface area contributed by atoms with E-state index in [2.05, 4.69) is 15.5 Å². The van der Waals surface area contributed by atoms with Crippen LogP contribution in [0, 0.1) is 11.8 Å². The Labute approximate surface area is 269 Å². The first-order valence-electron chi connectivity index (χ1n) is 16.2. The van der Waals surface area contributed by atoms with E-state index in [4.69, 9.17) is 18.9 Å². The van der Waals surface area contributed by atoms with Gasteiger partial charge in [0.2, 0.25) is 11.8 Å². The number of rotatable bonds is 16. The quantitative estimate of drug-likeness (QED) is 0.0769. The number of aliphatic hydroxyl groups is 6. The van der Waals surface area contributed by atoms with Crippen molar-refractivity contribution in [3.8, 4) is 0 Å². The van der Waals surface area contributed by atoms with E-state index in [9.17, 15) is 45.0 Å². The number of Topliss-reactive ketones (excluding diaryl/α,β-unsaturated/α-hetero) is 1. The zero-order valence-corrected chi connectivity index (χ0v) is 26.9. The van der Waals surface area contributed by atoms with Crippen LogP contribution in [0.3, 0.4) is 0 Å². The zero-order chi connectivity index (χ0) is 34.0. The summed E-state index contributed by atoms with van der Waals surface area (Å²) in [7, 11) is 0. The lowest BCUT2D eigenvalue weighted by atomic mass is 9.83. The molecule has 0 bridgehead atoms. The average molecular weight is 664 g/mol. The molecule has 16 heteroatoms. The van der Waals surface area contributed by atoms with Gasteiger partial charge < -0.3 is 69.9 Å². The van der Waals surface area contributed by atoms with Crippen molar-refractivity contribution in [2.75, 3.05) is 45.9 Å². The maximum Gasteiger partial charge on any atom is 0.225 e. The highest BCUT2D eigenvalue weighted by Crippen LogP contribution is 2.26. The van der Waals surface area contributed by atoms with Gasteiger partial charge in [-0.2, -0.15) is 0 Å². The molecule has 3 rings (SSSR count). The molecule has 3 aliphatic heterocycles.